The van der Waals surface area contributed by atoms with Crippen molar-refractivity contribution in [3.63, 3.8) is 0 Å². The van der Waals surface area contributed by atoms with Crippen molar-refractivity contribution in [3.05, 3.63) is 0 Å². The highest BCUT2D eigenvalue weighted by Gasteiger charge is 2.38. The first-order valence-corrected chi connectivity index (χ1v) is 5.95. The first-order valence-electron chi connectivity index (χ1n) is 5.95. The van der Waals surface area contributed by atoms with E-state index in [0.717, 1.165) is 24.3 Å². The largest absolute Gasteiger partial charge is 0.330 e. The Bertz CT molecular complexity index is 167. The molecule has 0 aromatic rings. The van der Waals surface area contributed by atoms with E-state index in [0.29, 0.717) is 18.0 Å². The van der Waals surface area contributed by atoms with Gasteiger partial charge in [0.2, 0.25) is 0 Å². The van der Waals surface area contributed by atoms with Crippen LogP contribution >= 0.6 is 0 Å². The van der Waals surface area contributed by atoms with Gasteiger partial charge >= 0.3 is 0 Å². The summed E-state index contributed by atoms with van der Waals surface area (Å²) in [6, 6.07) is 1.25. The summed E-state index contributed by atoms with van der Waals surface area (Å²) in [6.45, 7) is 12.4. The van der Waals surface area contributed by atoms with Gasteiger partial charge in [-0.25, -0.2) is 0 Å². The van der Waals surface area contributed by atoms with Crippen molar-refractivity contribution in [1.29, 1.82) is 0 Å². The van der Waals surface area contributed by atoms with Crippen LogP contribution in [0.4, 0.5) is 0 Å². The minimum Gasteiger partial charge on any atom is -0.330 e. The maximum atomic E-state index is 5.80. The standard InChI is InChI=1S/C12H26N2/c1-7(6-13)12-8(2)10(4)14-11(5)9(12)3/h7-12,14H,6,13H2,1-5H3. The maximum Gasteiger partial charge on any atom is 0.00698 e. The number of nitrogens with two attached hydrogens (primary N) is 1. The SMILES string of the molecule is CC(CN)C1C(C)C(C)NC(C)C1C. The first kappa shape index (κ1) is 12.0. The van der Waals surface area contributed by atoms with Gasteiger partial charge in [-0.15, -0.1) is 0 Å². The number of piperidine rings is 1. The molecular weight excluding hydrogens is 172 g/mol. The van der Waals surface area contributed by atoms with E-state index in [-0.39, 0.29) is 0 Å². The van der Waals surface area contributed by atoms with E-state index in [9.17, 15) is 0 Å². The molecule has 5 unspecified atom stereocenters. The molecule has 0 spiro atoms. The Morgan fingerprint density at radius 2 is 1.50 bits per heavy atom. The topological polar surface area (TPSA) is 38.0 Å². The van der Waals surface area contributed by atoms with Crippen LogP contribution in [-0.4, -0.2) is 18.6 Å². The molecule has 2 heteroatoms. The molecule has 0 amide bonds. The van der Waals surface area contributed by atoms with Crippen molar-refractivity contribution in [1.82, 2.24) is 5.32 Å². The number of rotatable bonds is 2. The van der Waals surface area contributed by atoms with Gasteiger partial charge in [-0.1, -0.05) is 20.8 Å². The van der Waals surface area contributed by atoms with Gasteiger partial charge in [-0.2, -0.15) is 0 Å². The molecule has 3 N–H and O–H groups in total. The maximum absolute atomic E-state index is 5.80. The fourth-order valence-corrected chi connectivity index (χ4v) is 3.06. The van der Waals surface area contributed by atoms with Crippen LogP contribution in [0, 0.1) is 23.7 Å². The molecule has 0 saturated carbocycles. The third-order valence-corrected chi connectivity index (χ3v) is 4.35. The van der Waals surface area contributed by atoms with Crippen molar-refractivity contribution in [2.24, 2.45) is 29.4 Å². The van der Waals surface area contributed by atoms with Crippen LogP contribution in [0.3, 0.4) is 0 Å². The van der Waals surface area contributed by atoms with Crippen LogP contribution in [0.1, 0.15) is 34.6 Å². The molecule has 0 aromatic heterocycles. The Labute approximate surface area is 88.6 Å². The van der Waals surface area contributed by atoms with Crippen molar-refractivity contribution in [2.75, 3.05) is 6.54 Å². The van der Waals surface area contributed by atoms with E-state index >= 15 is 0 Å². The van der Waals surface area contributed by atoms with Gasteiger partial charge in [-0.3, -0.25) is 0 Å². The van der Waals surface area contributed by atoms with Crippen LogP contribution in [0.2, 0.25) is 0 Å². The zero-order valence-corrected chi connectivity index (χ0v) is 10.2. The molecule has 1 fully saturated rings. The highest BCUT2D eigenvalue weighted by molar-refractivity contribution is 4.92. The van der Waals surface area contributed by atoms with E-state index in [1.165, 1.54) is 0 Å². The minimum atomic E-state index is 0.625. The number of hydrogen-bond donors (Lipinski definition) is 2. The summed E-state index contributed by atoms with van der Waals surface area (Å²) < 4.78 is 0. The second-order valence-electron chi connectivity index (χ2n) is 5.25. The van der Waals surface area contributed by atoms with Gasteiger partial charge < -0.3 is 11.1 Å². The van der Waals surface area contributed by atoms with Gasteiger partial charge in [0.05, 0.1) is 0 Å². The summed E-state index contributed by atoms with van der Waals surface area (Å²) in [7, 11) is 0. The molecule has 2 nitrogen and oxygen atoms in total. The van der Waals surface area contributed by atoms with Crippen LogP contribution in [-0.2, 0) is 0 Å². The summed E-state index contributed by atoms with van der Waals surface area (Å²) in [4.78, 5) is 0. The molecule has 0 aromatic carbocycles. The van der Waals surface area contributed by atoms with Crippen molar-refractivity contribution in [2.45, 2.75) is 46.7 Å². The lowest BCUT2D eigenvalue weighted by atomic mass is 9.67. The highest BCUT2D eigenvalue weighted by Crippen LogP contribution is 2.36. The lowest BCUT2D eigenvalue weighted by Crippen LogP contribution is -2.55. The summed E-state index contributed by atoms with van der Waals surface area (Å²) in [5.41, 5.74) is 5.80. The Balaban J connectivity index is 2.76. The smallest absolute Gasteiger partial charge is 0.00698 e. The molecule has 1 saturated heterocycles. The lowest BCUT2D eigenvalue weighted by Gasteiger charge is -2.46. The quantitative estimate of drug-likeness (QED) is 0.710. The van der Waals surface area contributed by atoms with Crippen LogP contribution in [0.15, 0.2) is 0 Å². The average Bonchev–Trinajstić information content (AvgIpc) is 2.15. The van der Waals surface area contributed by atoms with E-state index in [2.05, 4.69) is 39.9 Å². The monoisotopic (exact) mass is 198 g/mol. The highest BCUT2D eigenvalue weighted by atomic mass is 15.0. The predicted octanol–water partition coefficient (Wildman–Crippen LogP) is 1.85. The Morgan fingerprint density at radius 1 is 1.07 bits per heavy atom. The summed E-state index contributed by atoms with van der Waals surface area (Å²) in [6.07, 6.45) is 0. The van der Waals surface area contributed by atoms with E-state index in [4.69, 9.17) is 5.73 Å². The molecule has 14 heavy (non-hydrogen) atoms. The summed E-state index contributed by atoms with van der Waals surface area (Å²) in [5.74, 6) is 2.89. The molecule has 1 aliphatic rings. The Kier molecular flexibility index (Phi) is 3.96. The molecule has 0 radical (unpaired) electrons. The number of nitrogens with one attached hydrogen (secondary N) is 1. The second kappa shape index (κ2) is 4.63. The fraction of sp³-hybridized carbons (Fsp3) is 1.00. The minimum absolute atomic E-state index is 0.625. The Hall–Kier alpha value is -0.0800. The molecule has 1 heterocycles. The first-order chi connectivity index (χ1) is 6.49. The molecule has 0 aliphatic carbocycles. The Morgan fingerprint density at radius 3 is 1.86 bits per heavy atom. The fourth-order valence-electron chi connectivity index (χ4n) is 3.06. The molecule has 84 valence electrons. The predicted molar refractivity (Wildman–Crippen MR) is 62.1 cm³/mol. The third-order valence-electron chi connectivity index (χ3n) is 4.35. The second-order valence-corrected chi connectivity index (χ2v) is 5.25. The van der Waals surface area contributed by atoms with Crippen LogP contribution in [0.25, 0.3) is 0 Å². The van der Waals surface area contributed by atoms with Gasteiger partial charge in [-0.05, 0) is 44.1 Å². The van der Waals surface area contributed by atoms with E-state index in [1.54, 1.807) is 0 Å². The van der Waals surface area contributed by atoms with Gasteiger partial charge in [0.1, 0.15) is 0 Å². The normalized spacial score (nSPS) is 46.3. The van der Waals surface area contributed by atoms with Crippen molar-refractivity contribution >= 4 is 0 Å². The van der Waals surface area contributed by atoms with Crippen molar-refractivity contribution in [3.8, 4) is 0 Å². The average molecular weight is 198 g/mol. The van der Waals surface area contributed by atoms with Crippen LogP contribution in [0.5, 0.6) is 0 Å². The molecule has 5 atom stereocenters. The zero-order valence-electron chi connectivity index (χ0n) is 10.2. The van der Waals surface area contributed by atoms with Gasteiger partial charge in [0.25, 0.3) is 0 Å². The molecule has 1 aliphatic heterocycles. The zero-order chi connectivity index (χ0) is 10.9. The van der Waals surface area contributed by atoms with Gasteiger partial charge in [0, 0.05) is 12.1 Å². The molecule has 0 bridgehead atoms. The van der Waals surface area contributed by atoms with Gasteiger partial charge in [0.15, 0.2) is 0 Å². The summed E-state index contributed by atoms with van der Waals surface area (Å²) in [5, 5.41) is 3.65. The molecular formula is C12H26N2. The molecule has 1 rings (SSSR count). The lowest BCUT2D eigenvalue weighted by molar-refractivity contribution is 0.0726. The van der Waals surface area contributed by atoms with Crippen molar-refractivity contribution < 1.29 is 0 Å². The third kappa shape index (κ3) is 2.12. The summed E-state index contributed by atoms with van der Waals surface area (Å²) >= 11 is 0. The number of hydrogen-bond acceptors (Lipinski definition) is 2. The van der Waals surface area contributed by atoms with Crippen LogP contribution < -0.4 is 11.1 Å². The van der Waals surface area contributed by atoms with E-state index < -0.39 is 0 Å². The van der Waals surface area contributed by atoms with E-state index in [1.807, 2.05) is 0 Å².